The molecular weight excluding hydrogens is 620 g/mol. The molecule has 0 unspecified atom stereocenters. The van der Waals surface area contributed by atoms with Crippen LogP contribution in [0.3, 0.4) is 0 Å². The second-order valence-corrected chi connectivity index (χ2v) is 10.7. The summed E-state index contributed by atoms with van der Waals surface area (Å²) in [6.45, 7) is 0. The van der Waals surface area contributed by atoms with Crippen molar-refractivity contribution in [3.63, 3.8) is 0 Å². The molecule has 0 spiro atoms. The molecule has 0 saturated carbocycles. The number of rotatable bonds is 5. The van der Waals surface area contributed by atoms with Crippen molar-refractivity contribution in [2.24, 2.45) is 0 Å². The van der Waals surface area contributed by atoms with E-state index in [2.05, 4.69) is 138 Å². The van der Waals surface area contributed by atoms with E-state index in [0.717, 1.165) is 48.5 Å². The predicted molar refractivity (Wildman–Crippen MR) is 152 cm³/mol. The summed E-state index contributed by atoms with van der Waals surface area (Å²) >= 11 is 1.00. The summed E-state index contributed by atoms with van der Waals surface area (Å²) in [4.78, 5) is 0. The first-order chi connectivity index (χ1) is 17.3. The average molecular weight is 643 g/mol. The third kappa shape index (κ3) is 4.30. The van der Waals surface area contributed by atoms with Crippen LogP contribution in [0.4, 0.5) is 22.7 Å². The van der Waals surface area contributed by atoms with E-state index in [-0.39, 0.29) is 0 Å². The van der Waals surface area contributed by atoms with Gasteiger partial charge in [-0.3, -0.25) is 0 Å². The van der Waals surface area contributed by atoms with Crippen molar-refractivity contribution >= 4 is 73.2 Å². The van der Waals surface area contributed by atoms with Gasteiger partial charge in [0.1, 0.15) is 0 Å². The normalized spacial score (nSPS) is 11.0. The zero-order chi connectivity index (χ0) is 23.6. The quantitative estimate of drug-likeness (QED) is 0.187. The van der Waals surface area contributed by atoms with Crippen LogP contribution in [0.5, 0.6) is 0 Å². The third-order valence-corrected chi connectivity index (χ3v) is 7.98. The van der Waals surface area contributed by atoms with Gasteiger partial charge in [-0.1, -0.05) is 18.2 Å². The summed E-state index contributed by atoms with van der Waals surface area (Å²) < 4.78 is 1.40. The molecule has 2 nitrogen and oxygen atoms in total. The van der Waals surface area contributed by atoms with Gasteiger partial charge < -0.3 is 0 Å². The topological polar surface area (TPSA) is 24.1 Å². The monoisotopic (exact) mass is 643 g/mol. The Morgan fingerprint density at radius 2 is 0.886 bits per heavy atom. The van der Waals surface area contributed by atoms with Gasteiger partial charge in [-0.05, 0) is 0 Å². The Bertz CT molecular complexity index is 1650. The molecule has 0 atom stereocenters. The molecule has 0 aliphatic heterocycles. The SMILES string of the molecule is [Pb][c]1cccc2cccc(Nc3ccccc3Nc3cccc4cccc(-c5ccccc5)c34)c12. The van der Waals surface area contributed by atoms with E-state index in [9.17, 15) is 0 Å². The van der Waals surface area contributed by atoms with Crippen molar-refractivity contribution in [2.45, 2.75) is 0 Å². The molecule has 6 aromatic rings. The van der Waals surface area contributed by atoms with Crippen molar-refractivity contribution in [3.05, 3.63) is 127 Å². The molecule has 0 aliphatic rings. The minimum atomic E-state index is 1.00. The number of para-hydroxylation sites is 2. The summed E-state index contributed by atoms with van der Waals surface area (Å²) in [5.74, 6) is 0. The molecule has 0 bridgehead atoms. The number of anilines is 4. The number of fused-ring (bicyclic) bond motifs is 2. The fourth-order valence-electron chi connectivity index (χ4n) is 4.74. The van der Waals surface area contributed by atoms with E-state index in [4.69, 9.17) is 0 Å². The summed E-state index contributed by atoms with van der Waals surface area (Å²) in [7, 11) is 0. The molecular formula is C32H23N2Pb. The summed E-state index contributed by atoms with van der Waals surface area (Å²) in [5, 5.41) is 12.5. The average Bonchev–Trinajstić information content (AvgIpc) is 2.90. The van der Waals surface area contributed by atoms with E-state index < -0.39 is 0 Å². The first-order valence-electron chi connectivity index (χ1n) is 11.7. The molecule has 6 aromatic carbocycles. The maximum atomic E-state index is 3.75. The Kier molecular flexibility index (Phi) is 5.96. The molecule has 3 radical (unpaired) electrons. The Balaban J connectivity index is 1.44. The van der Waals surface area contributed by atoms with Gasteiger partial charge in [-0.15, -0.1) is 0 Å². The van der Waals surface area contributed by atoms with E-state index >= 15 is 0 Å². The Hall–Kier alpha value is -3.64. The Labute approximate surface area is 221 Å². The van der Waals surface area contributed by atoms with Gasteiger partial charge in [0.05, 0.1) is 0 Å². The first kappa shape index (κ1) is 21.9. The van der Waals surface area contributed by atoms with E-state index in [1.807, 2.05) is 0 Å². The van der Waals surface area contributed by atoms with Crippen molar-refractivity contribution < 1.29 is 0 Å². The molecule has 0 fully saturated rings. The molecule has 0 amide bonds. The molecule has 2 N–H and O–H groups in total. The van der Waals surface area contributed by atoms with Crippen LogP contribution in [-0.4, -0.2) is 25.8 Å². The summed E-state index contributed by atoms with van der Waals surface area (Å²) in [6, 6.07) is 45.1. The third-order valence-electron chi connectivity index (χ3n) is 6.36. The molecule has 3 heteroatoms. The van der Waals surface area contributed by atoms with Crippen molar-refractivity contribution in [1.82, 2.24) is 0 Å². The molecule has 6 rings (SSSR count). The second-order valence-electron chi connectivity index (χ2n) is 8.58. The van der Waals surface area contributed by atoms with Crippen LogP contribution in [-0.2, 0) is 0 Å². The van der Waals surface area contributed by atoms with Crippen LogP contribution in [0.25, 0.3) is 32.7 Å². The fraction of sp³-hybridized carbons (Fsp3) is 0. The van der Waals surface area contributed by atoms with Crippen molar-refractivity contribution in [3.8, 4) is 11.1 Å². The minimum absolute atomic E-state index is 1.00. The molecule has 0 aromatic heterocycles. The first-order valence-corrected chi connectivity index (χ1v) is 13.7. The molecule has 0 aliphatic carbocycles. The molecule has 35 heavy (non-hydrogen) atoms. The van der Waals surface area contributed by atoms with E-state index in [1.165, 1.54) is 35.8 Å². The van der Waals surface area contributed by atoms with Crippen LogP contribution in [0.2, 0.25) is 0 Å². The number of hydrogen-bond donors (Lipinski definition) is 2. The summed E-state index contributed by atoms with van der Waals surface area (Å²) in [6.07, 6.45) is 0. The zero-order valence-electron chi connectivity index (χ0n) is 19.1. The van der Waals surface area contributed by atoms with Crippen LogP contribution in [0.15, 0.2) is 127 Å². The number of nitrogens with one attached hydrogen (secondary N) is 2. The van der Waals surface area contributed by atoms with E-state index in [1.54, 1.807) is 0 Å². The predicted octanol–water partition coefficient (Wildman–Crippen LogP) is 7.94. The molecule has 0 heterocycles. The van der Waals surface area contributed by atoms with Crippen LogP contribution >= 0.6 is 0 Å². The van der Waals surface area contributed by atoms with Gasteiger partial charge in [-0.25, -0.2) is 0 Å². The van der Waals surface area contributed by atoms with Crippen molar-refractivity contribution in [2.75, 3.05) is 10.6 Å². The standard InChI is InChI=1S/C32H23N2.Pb/c1-2-11-24(12-3-1)27-18-8-15-25-16-10-22-31(32(25)27)34-30-20-7-6-19-29(30)33-28-21-9-14-23-13-4-5-17-26(23)28;/h1-16,18-22,33-34H;. The number of benzene rings is 6. The summed E-state index contributed by atoms with van der Waals surface area (Å²) in [5.41, 5.74) is 6.79. The van der Waals surface area contributed by atoms with Gasteiger partial charge in [0.2, 0.25) is 0 Å². The second kappa shape index (κ2) is 9.55. The van der Waals surface area contributed by atoms with Crippen LogP contribution in [0, 0.1) is 0 Å². The van der Waals surface area contributed by atoms with Crippen LogP contribution in [0.1, 0.15) is 0 Å². The number of hydrogen-bond acceptors (Lipinski definition) is 2. The van der Waals surface area contributed by atoms with Crippen molar-refractivity contribution in [1.29, 1.82) is 0 Å². The zero-order valence-corrected chi connectivity index (χ0v) is 23.0. The molecule has 0 saturated heterocycles. The van der Waals surface area contributed by atoms with Gasteiger partial charge >= 0.3 is 204 Å². The van der Waals surface area contributed by atoms with Gasteiger partial charge in [0, 0.05) is 0 Å². The van der Waals surface area contributed by atoms with Gasteiger partial charge in [0.25, 0.3) is 0 Å². The Morgan fingerprint density at radius 1 is 0.400 bits per heavy atom. The van der Waals surface area contributed by atoms with E-state index in [0.29, 0.717) is 0 Å². The maximum absolute atomic E-state index is 3.75. The molecule has 165 valence electrons. The fourth-order valence-corrected chi connectivity index (χ4v) is 6.20. The van der Waals surface area contributed by atoms with Gasteiger partial charge in [0.15, 0.2) is 0 Å². The van der Waals surface area contributed by atoms with Gasteiger partial charge in [-0.2, -0.15) is 0 Å². The Morgan fingerprint density at radius 3 is 1.54 bits per heavy atom. The van der Waals surface area contributed by atoms with Crippen LogP contribution < -0.4 is 13.8 Å².